The molecule has 0 radical (unpaired) electrons. The number of carbonyl (C=O) groups excluding carboxylic acids is 2. The van der Waals surface area contributed by atoms with Crippen LogP contribution in [0.5, 0.6) is 0 Å². The standard InChI is InChI=1S/C14H25NO3S/c1-9-5-7-10(8-6-9)11(12(16)19)15-13(17)18-14(2,3)4/h9-11H,5-8H2,1-4H3,(H,15,17)(H,16,19)/t9?,10?,11-/m0/s1. The minimum atomic E-state index is -0.560. The Morgan fingerprint density at radius 1 is 1.21 bits per heavy atom. The summed E-state index contributed by atoms with van der Waals surface area (Å²) >= 11 is 3.90. The maximum Gasteiger partial charge on any atom is 0.408 e. The van der Waals surface area contributed by atoms with Crippen LogP contribution in [0.15, 0.2) is 0 Å². The molecule has 0 saturated heterocycles. The maximum absolute atomic E-state index is 11.8. The minimum Gasteiger partial charge on any atom is -0.444 e. The average Bonchev–Trinajstić information content (AvgIpc) is 2.24. The highest BCUT2D eigenvalue weighted by Gasteiger charge is 2.32. The molecule has 0 aromatic rings. The second kappa shape index (κ2) is 6.64. The molecule has 1 atom stereocenters. The summed E-state index contributed by atoms with van der Waals surface area (Å²) in [6, 6.07) is -0.536. The molecule has 0 aromatic carbocycles. The van der Waals surface area contributed by atoms with Gasteiger partial charge in [0.1, 0.15) is 11.6 Å². The van der Waals surface area contributed by atoms with Crippen LogP contribution in [-0.4, -0.2) is 22.9 Å². The number of rotatable bonds is 3. The highest BCUT2D eigenvalue weighted by Crippen LogP contribution is 2.31. The molecule has 1 rings (SSSR count). The number of hydrogen-bond acceptors (Lipinski definition) is 3. The summed E-state index contributed by atoms with van der Waals surface area (Å²) < 4.78 is 5.19. The molecule has 0 bridgehead atoms. The van der Waals surface area contributed by atoms with Gasteiger partial charge in [-0.05, 0) is 45.4 Å². The number of carbonyl (C=O) groups is 2. The van der Waals surface area contributed by atoms with Crippen LogP contribution in [0.1, 0.15) is 53.4 Å². The Balaban J connectivity index is 2.58. The zero-order chi connectivity index (χ0) is 14.6. The smallest absolute Gasteiger partial charge is 0.408 e. The summed E-state index contributed by atoms with van der Waals surface area (Å²) in [5, 5.41) is 2.38. The summed E-state index contributed by atoms with van der Waals surface area (Å²) in [7, 11) is 0. The molecular weight excluding hydrogens is 262 g/mol. The van der Waals surface area contributed by atoms with Gasteiger partial charge in [0.05, 0.1) is 0 Å². The van der Waals surface area contributed by atoms with Crippen molar-refractivity contribution in [2.75, 3.05) is 0 Å². The number of alkyl carbamates (subject to hydrolysis) is 1. The van der Waals surface area contributed by atoms with Crippen LogP contribution in [-0.2, 0) is 9.53 Å². The molecule has 0 heterocycles. The molecule has 1 saturated carbocycles. The van der Waals surface area contributed by atoms with E-state index in [0.717, 1.165) is 25.7 Å². The lowest BCUT2D eigenvalue weighted by Crippen LogP contribution is -2.47. The third kappa shape index (κ3) is 5.85. The van der Waals surface area contributed by atoms with Gasteiger partial charge in [0.15, 0.2) is 0 Å². The molecule has 1 N–H and O–H groups in total. The predicted octanol–water partition coefficient (Wildman–Crippen LogP) is 3.16. The molecule has 4 nitrogen and oxygen atoms in total. The van der Waals surface area contributed by atoms with Crippen molar-refractivity contribution in [2.45, 2.75) is 65.0 Å². The lowest BCUT2D eigenvalue weighted by atomic mass is 9.79. The molecule has 5 heteroatoms. The topological polar surface area (TPSA) is 55.4 Å². The average molecular weight is 287 g/mol. The Hall–Kier alpha value is -0.710. The van der Waals surface area contributed by atoms with Crippen LogP contribution in [0.2, 0.25) is 0 Å². The largest absolute Gasteiger partial charge is 0.444 e. The fourth-order valence-corrected chi connectivity index (χ4v) is 2.71. The molecule has 1 amide bonds. The van der Waals surface area contributed by atoms with E-state index < -0.39 is 17.7 Å². The van der Waals surface area contributed by atoms with Crippen molar-refractivity contribution in [3.8, 4) is 0 Å². The van der Waals surface area contributed by atoms with Gasteiger partial charge in [0.2, 0.25) is 5.12 Å². The third-order valence-corrected chi connectivity index (χ3v) is 3.75. The van der Waals surface area contributed by atoms with E-state index in [1.165, 1.54) is 0 Å². The highest BCUT2D eigenvalue weighted by atomic mass is 32.1. The molecule has 0 unspecified atom stereocenters. The van der Waals surface area contributed by atoms with Gasteiger partial charge < -0.3 is 10.1 Å². The summed E-state index contributed by atoms with van der Waals surface area (Å²) in [6.45, 7) is 7.61. The molecule has 1 aliphatic rings. The lowest BCUT2D eigenvalue weighted by molar-refractivity contribution is -0.114. The quantitative estimate of drug-likeness (QED) is 0.784. The van der Waals surface area contributed by atoms with Crippen molar-refractivity contribution in [2.24, 2.45) is 11.8 Å². The zero-order valence-corrected chi connectivity index (χ0v) is 13.1. The van der Waals surface area contributed by atoms with Gasteiger partial charge in [-0.3, -0.25) is 4.79 Å². The third-order valence-electron chi connectivity index (χ3n) is 3.47. The normalized spacial score (nSPS) is 25.5. The molecule has 1 aliphatic carbocycles. The van der Waals surface area contributed by atoms with Crippen LogP contribution in [0.4, 0.5) is 4.79 Å². The Morgan fingerprint density at radius 2 is 1.74 bits per heavy atom. The maximum atomic E-state index is 11.8. The lowest BCUT2D eigenvalue weighted by Gasteiger charge is -2.32. The van der Waals surface area contributed by atoms with Crippen molar-refractivity contribution in [3.05, 3.63) is 0 Å². The van der Waals surface area contributed by atoms with E-state index in [1.54, 1.807) is 20.8 Å². The number of hydrogen-bond donors (Lipinski definition) is 2. The summed E-state index contributed by atoms with van der Waals surface area (Å²) in [5.41, 5.74) is -0.560. The summed E-state index contributed by atoms with van der Waals surface area (Å²) in [6.07, 6.45) is 3.55. The fraction of sp³-hybridized carbons (Fsp3) is 0.857. The molecule has 0 aromatic heterocycles. The second-order valence-electron chi connectivity index (χ2n) is 6.48. The van der Waals surface area contributed by atoms with Crippen molar-refractivity contribution in [1.82, 2.24) is 5.32 Å². The van der Waals surface area contributed by atoms with Crippen LogP contribution in [0, 0.1) is 11.8 Å². The fourth-order valence-electron chi connectivity index (χ4n) is 2.43. The zero-order valence-electron chi connectivity index (χ0n) is 12.2. The van der Waals surface area contributed by atoms with Gasteiger partial charge in [-0.1, -0.05) is 19.8 Å². The highest BCUT2D eigenvalue weighted by molar-refractivity contribution is 7.96. The molecule has 0 aliphatic heterocycles. The van der Waals surface area contributed by atoms with E-state index in [0.29, 0.717) is 5.92 Å². The van der Waals surface area contributed by atoms with Crippen LogP contribution in [0.25, 0.3) is 0 Å². The number of amides is 1. The van der Waals surface area contributed by atoms with Gasteiger partial charge in [-0.2, -0.15) is 0 Å². The molecule has 110 valence electrons. The SMILES string of the molecule is CC1CCC([C@H](NC(=O)OC(C)(C)C)C(=O)S)CC1. The summed E-state index contributed by atoms with van der Waals surface area (Å²) in [4.78, 5) is 23.4. The Kier molecular flexibility index (Phi) is 5.71. The van der Waals surface area contributed by atoms with Gasteiger partial charge in [-0.25, -0.2) is 4.79 Å². The van der Waals surface area contributed by atoms with Crippen molar-refractivity contribution in [1.29, 1.82) is 0 Å². The minimum absolute atomic E-state index is 0.175. The van der Waals surface area contributed by atoms with Gasteiger partial charge in [0.25, 0.3) is 0 Å². The van der Waals surface area contributed by atoms with Crippen LogP contribution in [0.3, 0.4) is 0 Å². The van der Waals surface area contributed by atoms with Crippen molar-refractivity contribution < 1.29 is 14.3 Å². The Bertz CT molecular complexity index is 330. The first-order chi connectivity index (χ1) is 8.69. The molecule has 0 spiro atoms. The van der Waals surface area contributed by atoms with Crippen LogP contribution < -0.4 is 5.32 Å². The van der Waals surface area contributed by atoms with E-state index in [-0.39, 0.29) is 11.0 Å². The number of thiol groups is 1. The van der Waals surface area contributed by atoms with E-state index in [2.05, 4.69) is 24.9 Å². The molecule has 1 fully saturated rings. The van der Waals surface area contributed by atoms with Crippen molar-refractivity contribution in [3.63, 3.8) is 0 Å². The molecular formula is C14H25NO3S. The van der Waals surface area contributed by atoms with E-state index >= 15 is 0 Å². The number of ether oxygens (including phenoxy) is 1. The Labute approximate surface area is 121 Å². The monoisotopic (exact) mass is 287 g/mol. The van der Waals surface area contributed by atoms with Gasteiger partial charge in [0, 0.05) is 0 Å². The predicted molar refractivity (Wildman–Crippen MR) is 78.3 cm³/mol. The van der Waals surface area contributed by atoms with Crippen molar-refractivity contribution >= 4 is 23.8 Å². The first kappa shape index (κ1) is 16.3. The molecule has 19 heavy (non-hydrogen) atoms. The summed E-state index contributed by atoms with van der Waals surface area (Å²) in [5.74, 6) is 0.877. The number of nitrogens with one attached hydrogen (secondary N) is 1. The Morgan fingerprint density at radius 3 is 2.16 bits per heavy atom. The first-order valence-corrected chi connectivity index (χ1v) is 7.36. The van der Waals surface area contributed by atoms with Gasteiger partial charge in [-0.15, -0.1) is 12.6 Å². The first-order valence-electron chi connectivity index (χ1n) is 6.91. The van der Waals surface area contributed by atoms with E-state index in [4.69, 9.17) is 4.74 Å². The van der Waals surface area contributed by atoms with Crippen LogP contribution >= 0.6 is 12.6 Å². The van der Waals surface area contributed by atoms with E-state index in [1.807, 2.05) is 0 Å². The van der Waals surface area contributed by atoms with Gasteiger partial charge >= 0.3 is 6.09 Å². The van der Waals surface area contributed by atoms with E-state index in [9.17, 15) is 9.59 Å². The second-order valence-corrected chi connectivity index (χ2v) is 6.92.